The van der Waals surface area contributed by atoms with Gasteiger partial charge in [-0.05, 0) is 45.0 Å². The first-order valence-corrected chi connectivity index (χ1v) is 8.62. The number of nitrogens with one attached hydrogen (secondary N) is 1. The fourth-order valence-electron chi connectivity index (χ4n) is 2.54. The Hall–Kier alpha value is -3.43. The number of alkyl halides is 3. The van der Waals surface area contributed by atoms with E-state index in [1.165, 1.54) is 24.3 Å². The van der Waals surface area contributed by atoms with Crippen LogP contribution in [-0.2, 0) is 4.79 Å². The predicted octanol–water partition coefficient (Wildman–Crippen LogP) is 4.27. The van der Waals surface area contributed by atoms with Gasteiger partial charge in [-0.3, -0.25) is 9.36 Å². The number of hydrogen-bond donors (Lipinski definition) is 1. The second kappa shape index (κ2) is 7.90. The Kier molecular flexibility index (Phi) is 5.53. The molecule has 1 N–H and O–H groups in total. The Morgan fingerprint density at radius 1 is 1.14 bits per heavy atom. The number of benzene rings is 1. The molecular formula is C19H18F3N5O2. The summed E-state index contributed by atoms with van der Waals surface area (Å²) in [6.45, 7) is 5.55. The topological polar surface area (TPSA) is 81.9 Å². The summed E-state index contributed by atoms with van der Waals surface area (Å²) in [7, 11) is 0. The number of nitrogens with zero attached hydrogens (tertiary/aromatic N) is 4. The van der Waals surface area contributed by atoms with Crippen molar-refractivity contribution in [3.05, 3.63) is 53.9 Å². The molecule has 2 aromatic heterocycles. The number of halogens is 3. The van der Waals surface area contributed by atoms with Gasteiger partial charge in [-0.15, -0.1) is 0 Å². The molecule has 0 radical (unpaired) electrons. The number of carbonyl (C=O) groups is 1. The second-order valence-electron chi connectivity index (χ2n) is 6.36. The third-order valence-corrected chi connectivity index (χ3v) is 4.02. The Labute approximate surface area is 164 Å². The van der Waals surface area contributed by atoms with E-state index in [1.807, 2.05) is 18.4 Å². The van der Waals surface area contributed by atoms with Crippen LogP contribution in [0.15, 0.2) is 36.7 Å². The summed E-state index contributed by atoms with van der Waals surface area (Å²) in [6, 6.07) is 7.59. The van der Waals surface area contributed by atoms with Gasteiger partial charge in [-0.25, -0.2) is 9.97 Å². The largest absolute Gasteiger partial charge is 0.439 e. The van der Waals surface area contributed by atoms with Crippen LogP contribution in [0.4, 0.5) is 18.9 Å². The predicted molar refractivity (Wildman–Crippen MR) is 99.2 cm³/mol. The van der Waals surface area contributed by atoms with Gasteiger partial charge in [0.2, 0.25) is 11.8 Å². The fourth-order valence-corrected chi connectivity index (χ4v) is 2.54. The average molecular weight is 405 g/mol. The lowest BCUT2D eigenvalue weighted by molar-refractivity contribution is -0.150. The first kappa shape index (κ1) is 20.3. The number of amides is 1. The van der Waals surface area contributed by atoms with Crippen molar-refractivity contribution in [3.63, 3.8) is 0 Å². The third kappa shape index (κ3) is 5.31. The molecule has 0 spiro atoms. The number of ether oxygens (including phenoxy) is 1. The molecule has 0 aliphatic rings. The van der Waals surface area contributed by atoms with Crippen LogP contribution in [0.2, 0.25) is 0 Å². The highest BCUT2D eigenvalue weighted by Crippen LogP contribution is 2.25. The molecular weight excluding hydrogens is 387 g/mol. The molecule has 0 unspecified atom stereocenters. The van der Waals surface area contributed by atoms with Gasteiger partial charge in [-0.2, -0.15) is 18.2 Å². The maximum absolute atomic E-state index is 12.2. The molecule has 3 aromatic rings. The monoisotopic (exact) mass is 405 g/mol. The van der Waals surface area contributed by atoms with Crippen LogP contribution in [0.25, 0.3) is 5.82 Å². The summed E-state index contributed by atoms with van der Waals surface area (Å²) < 4.78 is 44.2. The van der Waals surface area contributed by atoms with Crippen molar-refractivity contribution in [2.45, 2.75) is 33.4 Å². The van der Waals surface area contributed by atoms with Crippen LogP contribution < -0.4 is 10.1 Å². The molecule has 7 nitrogen and oxygen atoms in total. The fraction of sp³-hybridized carbons (Fsp3) is 0.263. The van der Waals surface area contributed by atoms with E-state index in [4.69, 9.17) is 4.74 Å². The number of hydrogen-bond acceptors (Lipinski definition) is 5. The van der Waals surface area contributed by atoms with Crippen LogP contribution in [0.3, 0.4) is 0 Å². The van der Waals surface area contributed by atoms with Crippen LogP contribution >= 0.6 is 0 Å². The molecule has 0 saturated carbocycles. The summed E-state index contributed by atoms with van der Waals surface area (Å²) in [5, 5.41) is 2.19. The van der Waals surface area contributed by atoms with Gasteiger partial charge < -0.3 is 10.1 Å². The van der Waals surface area contributed by atoms with Gasteiger partial charge in [0, 0.05) is 17.4 Å². The molecule has 0 fully saturated rings. The van der Waals surface area contributed by atoms with E-state index >= 15 is 0 Å². The molecule has 0 aliphatic carbocycles. The second-order valence-corrected chi connectivity index (χ2v) is 6.36. The Morgan fingerprint density at radius 2 is 1.83 bits per heavy atom. The number of anilines is 1. The van der Waals surface area contributed by atoms with Crippen molar-refractivity contribution in [3.8, 4) is 17.4 Å². The number of rotatable bonds is 5. The molecule has 10 heteroatoms. The summed E-state index contributed by atoms with van der Waals surface area (Å²) in [5.41, 5.74) is 2.05. The highest BCUT2D eigenvalue weighted by atomic mass is 19.4. The molecule has 2 heterocycles. The van der Waals surface area contributed by atoms with Crippen molar-refractivity contribution in [2.24, 2.45) is 0 Å². The molecule has 29 heavy (non-hydrogen) atoms. The van der Waals surface area contributed by atoms with Crippen LogP contribution in [0.5, 0.6) is 11.6 Å². The van der Waals surface area contributed by atoms with E-state index in [-0.39, 0.29) is 5.69 Å². The first-order chi connectivity index (χ1) is 13.6. The van der Waals surface area contributed by atoms with Gasteiger partial charge in [-0.1, -0.05) is 0 Å². The summed E-state index contributed by atoms with van der Waals surface area (Å²) in [6.07, 6.45) is -4.43. The highest BCUT2D eigenvalue weighted by Gasteiger charge is 2.31. The lowest BCUT2D eigenvalue weighted by Crippen LogP contribution is -2.21. The number of aromatic nitrogens is 4. The van der Waals surface area contributed by atoms with E-state index in [1.54, 1.807) is 19.3 Å². The summed E-state index contributed by atoms with van der Waals surface area (Å²) >= 11 is 0. The van der Waals surface area contributed by atoms with E-state index in [0.717, 1.165) is 11.4 Å². The Bertz CT molecular complexity index is 1030. The summed E-state index contributed by atoms with van der Waals surface area (Å²) in [5.74, 6) is 0.669. The van der Waals surface area contributed by atoms with Gasteiger partial charge in [0.25, 0.3) is 0 Å². The van der Waals surface area contributed by atoms with E-state index in [9.17, 15) is 18.0 Å². The first-order valence-electron chi connectivity index (χ1n) is 8.62. The molecule has 0 atom stereocenters. The SMILES string of the molecule is Cc1nc(Oc2ccc(NC(=O)CC(F)(F)F)cc2)cc(-n2cnc(C)c2C)n1. The molecule has 0 bridgehead atoms. The quantitative estimate of drug-likeness (QED) is 0.686. The van der Waals surface area contributed by atoms with Crippen LogP contribution in [-0.4, -0.2) is 31.6 Å². The van der Waals surface area contributed by atoms with Crippen molar-refractivity contribution in [2.75, 3.05) is 5.32 Å². The maximum atomic E-state index is 12.2. The summed E-state index contributed by atoms with van der Waals surface area (Å²) in [4.78, 5) is 24.2. The molecule has 0 aliphatic heterocycles. The lowest BCUT2D eigenvalue weighted by Gasteiger charge is -2.11. The zero-order valence-electron chi connectivity index (χ0n) is 15.9. The van der Waals surface area contributed by atoms with Gasteiger partial charge in [0.15, 0.2) is 0 Å². The van der Waals surface area contributed by atoms with Crippen LogP contribution in [0.1, 0.15) is 23.6 Å². The normalized spacial score (nSPS) is 11.4. The minimum Gasteiger partial charge on any atom is -0.439 e. The zero-order chi connectivity index (χ0) is 21.2. The Morgan fingerprint density at radius 3 is 2.41 bits per heavy atom. The highest BCUT2D eigenvalue weighted by molar-refractivity contribution is 5.91. The third-order valence-electron chi connectivity index (χ3n) is 4.02. The van der Waals surface area contributed by atoms with Crippen molar-refractivity contribution < 1.29 is 22.7 Å². The molecule has 3 rings (SSSR count). The molecule has 1 aromatic carbocycles. The minimum atomic E-state index is -4.55. The van der Waals surface area contributed by atoms with Crippen molar-refractivity contribution in [1.29, 1.82) is 0 Å². The van der Waals surface area contributed by atoms with Crippen molar-refractivity contribution in [1.82, 2.24) is 19.5 Å². The lowest BCUT2D eigenvalue weighted by atomic mass is 10.3. The van der Waals surface area contributed by atoms with Gasteiger partial charge in [0.05, 0.1) is 5.69 Å². The van der Waals surface area contributed by atoms with E-state index in [0.29, 0.717) is 23.3 Å². The number of aryl methyl sites for hydroxylation is 2. The average Bonchev–Trinajstić information content (AvgIpc) is 2.94. The van der Waals surface area contributed by atoms with Crippen molar-refractivity contribution >= 4 is 11.6 Å². The maximum Gasteiger partial charge on any atom is 0.397 e. The number of carbonyl (C=O) groups excluding carboxylic acids is 1. The van der Waals surface area contributed by atoms with E-state index in [2.05, 4.69) is 20.3 Å². The van der Waals surface area contributed by atoms with Gasteiger partial charge in [0.1, 0.15) is 30.1 Å². The zero-order valence-corrected chi connectivity index (χ0v) is 15.9. The molecule has 0 saturated heterocycles. The van der Waals surface area contributed by atoms with Crippen LogP contribution in [0, 0.1) is 20.8 Å². The van der Waals surface area contributed by atoms with E-state index < -0.39 is 18.5 Å². The molecule has 1 amide bonds. The van der Waals surface area contributed by atoms with Gasteiger partial charge >= 0.3 is 6.18 Å². The number of imidazole rings is 1. The minimum absolute atomic E-state index is 0.232. The Balaban J connectivity index is 1.73. The smallest absolute Gasteiger partial charge is 0.397 e. The standard InChI is InChI=1S/C19H18F3N5O2/c1-11-12(2)27(10-23-11)16-8-18(25-13(3)24-16)29-15-6-4-14(5-7-15)26-17(28)9-19(20,21)22/h4-8,10H,9H2,1-3H3,(H,26,28). The molecule has 152 valence electrons.